The lowest BCUT2D eigenvalue weighted by Gasteiger charge is -2.36. The van der Waals surface area contributed by atoms with Crippen LogP contribution in [0.15, 0.2) is 12.1 Å². The van der Waals surface area contributed by atoms with Crippen molar-refractivity contribution in [1.82, 2.24) is 4.90 Å². The van der Waals surface area contributed by atoms with Crippen LogP contribution in [0.4, 0.5) is 4.79 Å². The number of carboxylic acid groups (broad SMARTS) is 1. The second kappa shape index (κ2) is 7.85. The summed E-state index contributed by atoms with van der Waals surface area (Å²) < 4.78 is 16.6. The molecule has 0 aromatic heterocycles. The minimum absolute atomic E-state index is 0.262. The molecule has 1 unspecified atom stereocenters. The van der Waals surface area contributed by atoms with Crippen LogP contribution < -0.4 is 9.47 Å². The van der Waals surface area contributed by atoms with E-state index in [0.29, 0.717) is 36.7 Å². The highest BCUT2D eigenvalue weighted by molar-refractivity contribution is 5.83. The Labute approximate surface area is 153 Å². The summed E-state index contributed by atoms with van der Waals surface area (Å²) >= 11 is 0. The van der Waals surface area contributed by atoms with E-state index in [0.717, 1.165) is 5.56 Å². The topological polar surface area (TPSA) is 85.3 Å². The third kappa shape index (κ3) is 4.39. The van der Waals surface area contributed by atoms with Gasteiger partial charge in [0.1, 0.15) is 5.60 Å². The lowest BCUT2D eigenvalue weighted by atomic mass is 9.92. The molecule has 1 atom stereocenters. The summed E-state index contributed by atoms with van der Waals surface area (Å²) in [7, 11) is 0. The number of hydrogen-bond donors (Lipinski definition) is 1. The molecule has 7 nitrogen and oxygen atoms in total. The van der Waals surface area contributed by atoms with Gasteiger partial charge in [0.05, 0.1) is 13.2 Å². The molecular weight excluding hydrogens is 338 g/mol. The van der Waals surface area contributed by atoms with Crippen LogP contribution in [0.25, 0.3) is 0 Å². The maximum absolute atomic E-state index is 12.5. The highest BCUT2D eigenvalue weighted by Crippen LogP contribution is 2.39. The molecular formula is C19H27NO6. The fourth-order valence-corrected chi connectivity index (χ4v) is 2.95. The zero-order valence-corrected chi connectivity index (χ0v) is 16.0. The summed E-state index contributed by atoms with van der Waals surface area (Å²) in [6, 6.07) is 2.36. The van der Waals surface area contributed by atoms with Crippen LogP contribution in [0, 0.1) is 0 Å². The van der Waals surface area contributed by atoms with Crippen LogP contribution in [-0.2, 0) is 16.0 Å². The molecule has 1 aromatic rings. The number of carbonyl (C=O) groups excluding carboxylic acids is 1. The maximum atomic E-state index is 12.5. The van der Waals surface area contributed by atoms with E-state index in [9.17, 15) is 14.7 Å². The second-order valence-corrected chi connectivity index (χ2v) is 7.03. The van der Waals surface area contributed by atoms with E-state index in [1.54, 1.807) is 26.8 Å². The van der Waals surface area contributed by atoms with Gasteiger partial charge in [-0.2, -0.15) is 0 Å². The van der Waals surface area contributed by atoms with Gasteiger partial charge < -0.3 is 19.3 Å². The molecule has 0 saturated heterocycles. The van der Waals surface area contributed by atoms with Crippen LogP contribution >= 0.6 is 0 Å². The maximum Gasteiger partial charge on any atom is 0.411 e. The van der Waals surface area contributed by atoms with Crippen molar-refractivity contribution in [3.8, 4) is 11.5 Å². The van der Waals surface area contributed by atoms with Gasteiger partial charge >= 0.3 is 12.1 Å². The van der Waals surface area contributed by atoms with Crippen molar-refractivity contribution in [2.24, 2.45) is 0 Å². The van der Waals surface area contributed by atoms with E-state index in [4.69, 9.17) is 14.2 Å². The van der Waals surface area contributed by atoms with Crippen molar-refractivity contribution in [2.45, 2.75) is 52.7 Å². The smallest absolute Gasteiger partial charge is 0.411 e. The van der Waals surface area contributed by atoms with Gasteiger partial charge in [0.25, 0.3) is 0 Å². The predicted molar refractivity (Wildman–Crippen MR) is 95.8 cm³/mol. The summed E-state index contributed by atoms with van der Waals surface area (Å²) in [5.74, 6) is -0.0447. The third-order valence-electron chi connectivity index (χ3n) is 3.90. The molecule has 0 radical (unpaired) electrons. The molecule has 1 amide bonds. The highest BCUT2D eigenvalue weighted by Gasteiger charge is 2.39. The number of hydrogen-bond acceptors (Lipinski definition) is 5. The van der Waals surface area contributed by atoms with Gasteiger partial charge in [-0.3, -0.25) is 4.90 Å². The normalized spacial score (nSPS) is 16.7. The van der Waals surface area contributed by atoms with Crippen molar-refractivity contribution < 1.29 is 28.9 Å². The van der Waals surface area contributed by atoms with Crippen LogP contribution in [-0.4, -0.2) is 47.4 Å². The van der Waals surface area contributed by atoms with E-state index >= 15 is 0 Å². The molecule has 1 aliphatic heterocycles. The monoisotopic (exact) mass is 365 g/mol. The lowest BCUT2D eigenvalue weighted by Crippen LogP contribution is -2.45. The first-order valence-electron chi connectivity index (χ1n) is 8.82. The number of aliphatic carboxylic acids is 1. The van der Waals surface area contributed by atoms with E-state index in [2.05, 4.69) is 0 Å². The molecule has 0 spiro atoms. The Bertz CT molecular complexity index is 679. The number of amides is 1. The summed E-state index contributed by atoms with van der Waals surface area (Å²) in [5.41, 5.74) is 0.668. The van der Waals surface area contributed by atoms with Crippen molar-refractivity contribution in [2.75, 3.05) is 19.8 Å². The van der Waals surface area contributed by atoms with Gasteiger partial charge in [-0.05, 0) is 64.3 Å². The molecule has 0 aliphatic carbocycles. The predicted octanol–water partition coefficient (Wildman–Crippen LogP) is 3.40. The number of nitrogens with zero attached hydrogens (tertiary/aromatic N) is 1. The van der Waals surface area contributed by atoms with Crippen LogP contribution in [0.5, 0.6) is 11.5 Å². The number of carbonyl (C=O) groups is 2. The molecule has 1 N–H and O–H groups in total. The van der Waals surface area contributed by atoms with E-state index in [1.807, 2.05) is 19.9 Å². The minimum Gasteiger partial charge on any atom is -0.490 e. The van der Waals surface area contributed by atoms with Gasteiger partial charge in [-0.15, -0.1) is 0 Å². The molecule has 1 heterocycles. The second-order valence-electron chi connectivity index (χ2n) is 7.03. The van der Waals surface area contributed by atoms with Crippen LogP contribution in [0.2, 0.25) is 0 Å². The lowest BCUT2D eigenvalue weighted by molar-refractivity contribution is -0.143. The van der Waals surface area contributed by atoms with Crippen molar-refractivity contribution in [3.05, 3.63) is 23.3 Å². The van der Waals surface area contributed by atoms with Gasteiger partial charge in [0.15, 0.2) is 17.5 Å². The number of benzene rings is 1. The van der Waals surface area contributed by atoms with Gasteiger partial charge in [0, 0.05) is 6.54 Å². The Morgan fingerprint density at radius 1 is 1.15 bits per heavy atom. The summed E-state index contributed by atoms with van der Waals surface area (Å²) in [6.07, 6.45) is -0.118. The molecule has 1 aliphatic rings. The zero-order chi connectivity index (χ0) is 19.5. The fourth-order valence-electron chi connectivity index (χ4n) is 2.95. The molecule has 7 heteroatoms. The summed E-state index contributed by atoms with van der Waals surface area (Å²) in [6.45, 7) is 10.1. The molecule has 26 heavy (non-hydrogen) atoms. The van der Waals surface area contributed by atoms with Gasteiger partial charge in [-0.25, -0.2) is 9.59 Å². The van der Waals surface area contributed by atoms with Crippen molar-refractivity contribution >= 4 is 12.1 Å². The Morgan fingerprint density at radius 2 is 1.73 bits per heavy atom. The average Bonchev–Trinajstić information content (AvgIpc) is 2.53. The van der Waals surface area contributed by atoms with Crippen LogP contribution in [0.1, 0.15) is 51.8 Å². The van der Waals surface area contributed by atoms with Crippen molar-refractivity contribution in [3.63, 3.8) is 0 Å². The molecule has 2 rings (SSSR count). The zero-order valence-electron chi connectivity index (χ0n) is 16.0. The molecule has 1 aromatic carbocycles. The average molecular weight is 365 g/mol. The quantitative estimate of drug-likeness (QED) is 0.861. The first-order chi connectivity index (χ1) is 12.2. The van der Waals surface area contributed by atoms with Crippen LogP contribution in [0.3, 0.4) is 0 Å². The molecule has 0 saturated carbocycles. The van der Waals surface area contributed by atoms with Crippen molar-refractivity contribution in [1.29, 1.82) is 0 Å². The first kappa shape index (κ1) is 19.9. The Kier molecular flexibility index (Phi) is 6.00. The van der Waals surface area contributed by atoms with Gasteiger partial charge in [0.2, 0.25) is 0 Å². The largest absolute Gasteiger partial charge is 0.490 e. The molecule has 144 valence electrons. The van der Waals surface area contributed by atoms with Gasteiger partial charge in [-0.1, -0.05) is 0 Å². The SMILES string of the molecule is CCOc1cc2c(cc1OCC)C(C(=O)O)N(C(=O)OC(C)(C)C)CC2. The molecule has 0 bridgehead atoms. The highest BCUT2D eigenvalue weighted by atomic mass is 16.6. The number of fused-ring (bicyclic) bond motifs is 1. The van der Waals surface area contributed by atoms with E-state index in [1.165, 1.54) is 4.90 Å². The molecule has 0 fully saturated rings. The first-order valence-corrected chi connectivity index (χ1v) is 8.82. The third-order valence-corrected chi connectivity index (χ3v) is 3.90. The Hall–Kier alpha value is -2.44. The number of carboxylic acids is 1. The number of ether oxygens (including phenoxy) is 3. The standard InChI is InChI=1S/C19H27NO6/c1-6-24-14-10-12-8-9-20(18(23)26-19(3,4)5)16(17(21)22)13(12)11-15(14)25-7-2/h10-11,16H,6-9H2,1-5H3,(H,21,22). The summed E-state index contributed by atoms with van der Waals surface area (Å²) in [4.78, 5) is 25.7. The Balaban J connectivity index is 2.45. The minimum atomic E-state index is -1.12. The summed E-state index contributed by atoms with van der Waals surface area (Å²) in [5, 5.41) is 9.77. The fraction of sp³-hybridized carbons (Fsp3) is 0.579. The number of rotatable bonds is 5. The Morgan fingerprint density at radius 3 is 2.23 bits per heavy atom. The van der Waals surface area contributed by atoms with E-state index in [-0.39, 0.29) is 6.54 Å². The van der Waals surface area contributed by atoms with E-state index < -0.39 is 23.7 Å².